The summed E-state index contributed by atoms with van der Waals surface area (Å²) >= 11 is 0. The van der Waals surface area contributed by atoms with Gasteiger partial charge in [0.15, 0.2) is 5.25 Å². The van der Waals surface area contributed by atoms with E-state index in [0.717, 1.165) is 38.5 Å². The van der Waals surface area contributed by atoms with Crippen LogP contribution in [0.25, 0.3) is 0 Å². The summed E-state index contributed by atoms with van der Waals surface area (Å²) in [7, 11) is -5.00. The van der Waals surface area contributed by atoms with Crippen LogP contribution in [-0.2, 0) is 29.2 Å². The minimum absolute atomic E-state index is 0. The largest absolute Gasteiger partial charge is 1.00 e. The van der Waals surface area contributed by atoms with Crippen LogP contribution < -0.4 is 29.6 Å². The monoisotopic (exact) mass is 416 g/mol. The van der Waals surface area contributed by atoms with Crippen molar-refractivity contribution < 1.29 is 61.6 Å². The van der Waals surface area contributed by atoms with Gasteiger partial charge in [0.25, 0.3) is 0 Å². The van der Waals surface area contributed by atoms with Crippen molar-refractivity contribution >= 4 is 22.1 Å². The van der Waals surface area contributed by atoms with Gasteiger partial charge in [-0.3, -0.25) is 9.59 Å². The van der Waals surface area contributed by atoms with Crippen LogP contribution in [0.2, 0.25) is 0 Å². The van der Waals surface area contributed by atoms with Crippen LogP contribution in [0.1, 0.15) is 72.6 Å². The van der Waals surface area contributed by atoms with Crippen LogP contribution in [0, 0.1) is 11.8 Å². The molecule has 3 unspecified atom stereocenters. The SMILES string of the molecule is CCCCC(C)COC(=O)CC(C(=O)OCC(C)CCCC)S(=O)(=O)[O-].[Na+]. The van der Waals surface area contributed by atoms with Gasteiger partial charge in [-0.1, -0.05) is 53.4 Å². The van der Waals surface area contributed by atoms with Gasteiger partial charge in [-0.05, 0) is 24.7 Å². The van der Waals surface area contributed by atoms with Gasteiger partial charge in [0.1, 0.15) is 10.1 Å². The zero-order valence-electron chi connectivity index (χ0n) is 17.4. The minimum Gasteiger partial charge on any atom is -0.747 e. The zero-order chi connectivity index (χ0) is 20.2. The molecule has 0 amide bonds. The van der Waals surface area contributed by atoms with Gasteiger partial charge in [-0.2, -0.15) is 0 Å². The summed E-state index contributed by atoms with van der Waals surface area (Å²) in [5.41, 5.74) is 0. The van der Waals surface area contributed by atoms with Crippen molar-refractivity contribution in [3.8, 4) is 0 Å². The van der Waals surface area contributed by atoms with E-state index in [4.69, 9.17) is 9.47 Å². The maximum absolute atomic E-state index is 12.0. The van der Waals surface area contributed by atoms with Gasteiger partial charge in [0.05, 0.1) is 19.6 Å². The number of ether oxygens (including phenoxy) is 2. The first-order valence-electron chi connectivity index (χ1n) is 9.38. The Bertz CT molecular complexity index is 522. The van der Waals surface area contributed by atoms with Crippen LogP contribution in [0.4, 0.5) is 0 Å². The van der Waals surface area contributed by atoms with Gasteiger partial charge in [-0.25, -0.2) is 8.42 Å². The smallest absolute Gasteiger partial charge is 0.747 e. The summed E-state index contributed by atoms with van der Waals surface area (Å²) in [6, 6.07) is 0. The fraction of sp³-hybridized carbons (Fsp3) is 0.889. The zero-order valence-corrected chi connectivity index (χ0v) is 20.2. The van der Waals surface area contributed by atoms with Crippen molar-refractivity contribution in [3.05, 3.63) is 0 Å². The van der Waals surface area contributed by atoms with E-state index in [-0.39, 0.29) is 54.6 Å². The first-order chi connectivity index (χ1) is 12.1. The number of unbranched alkanes of at least 4 members (excludes halogenated alkanes) is 2. The van der Waals surface area contributed by atoms with Crippen LogP contribution in [0.5, 0.6) is 0 Å². The molecule has 0 aliphatic rings. The first kappa shape index (κ1) is 29.1. The normalized spacial score (nSPS) is 14.6. The van der Waals surface area contributed by atoms with E-state index in [1.54, 1.807) is 0 Å². The summed E-state index contributed by atoms with van der Waals surface area (Å²) in [5.74, 6) is -1.87. The molecule has 0 aromatic carbocycles. The third-order valence-electron chi connectivity index (χ3n) is 4.10. The second kappa shape index (κ2) is 15.7. The molecule has 0 radical (unpaired) electrons. The van der Waals surface area contributed by atoms with Crippen LogP contribution in [0.3, 0.4) is 0 Å². The van der Waals surface area contributed by atoms with Crippen LogP contribution in [-0.4, -0.2) is 43.4 Å². The second-order valence-electron chi connectivity index (χ2n) is 6.99. The van der Waals surface area contributed by atoms with Crippen molar-refractivity contribution in [1.29, 1.82) is 0 Å². The summed E-state index contributed by atoms with van der Waals surface area (Å²) in [6.45, 7) is 8.03. The molecule has 0 aromatic rings. The van der Waals surface area contributed by atoms with Crippen molar-refractivity contribution in [2.45, 2.75) is 77.9 Å². The number of carbonyl (C=O) groups excluding carboxylic acids is 2. The number of hydrogen-bond acceptors (Lipinski definition) is 7. The Morgan fingerprint density at radius 2 is 1.37 bits per heavy atom. The first-order valence-corrected chi connectivity index (χ1v) is 10.9. The van der Waals surface area contributed by atoms with Crippen molar-refractivity contribution in [2.24, 2.45) is 11.8 Å². The van der Waals surface area contributed by atoms with Crippen LogP contribution >= 0.6 is 0 Å². The molecule has 0 aromatic heterocycles. The molecule has 0 heterocycles. The Labute approximate surface area is 186 Å². The van der Waals surface area contributed by atoms with Crippen molar-refractivity contribution in [2.75, 3.05) is 13.2 Å². The average molecular weight is 417 g/mol. The molecule has 3 atom stereocenters. The van der Waals surface area contributed by atoms with Gasteiger partial charge in [-0.15, -0.1) is 0 Å². The van der Waals surface area contributed by atoms with E-state index in [9.17, 15) is 22.6 Å². The molecular weight excluding hydrogens is 383 g/mol. The van der Waals surface area contributed by atoms with E-state index >= 15 is 0 Å². The Balaban J connectivity index is 0. The Hall–Kier alpha value is -0.150. The molecule has 0 aliphatic heterocycles. The average Bonchev–Trinajstić information content (AvgIpc) is 2.57. The summed E-state index contributed by atoms with van der Waals surface area (Å²) < 4.78 is 44.0. The van der Waals surface area contributed by atoms with Gasteiger partial charge in [0, 0.05) is 0 Å². The molecule has 0 saturated carbocycles. The quantitative estimate of drug-likeness (QED) is 0.223. The predicted octanol–water partition coefficient (Wildman–Crippen LogP) is 0.0333. The predicted molar refractivity (Wildman–Crippen MR) is 97.4 cm³/mol. The number of carbonyl (C=O) groups is 2. The fourth-order valence-electron chi connectivity index (χ4n) is 2.34. The number of esters is 2. The molecule has 0 rings (SSSR count). The van der Waals surface area contributed by atoms with E-state index < -0.39 is 33.7 Å². The summed E-state index contributed by atoms with van der Waals surface area (Å²) in [6.07, 6.45) is 4.88. The molecule has 154 valence electrons. The topological polar surface area (TPSA) is 110 Å². The Morgan fingerprint density at radius 3 is 1.78 bits per heavy atom. The third-order valence-corrected chi connectivity index (χ3v) is 5.16. The molecule has 9 heteroatoms. The molecule has 0 aliphatic carbocycles. The van der Waals surface area contributed by atoms with E-state index in [2.05, 4.69) is 6.92 Å². The van der Waals surface area contributed by atoms with Crippen molar-refractivity contribution in [3.63, 3.8) is 0 Å². The minimum atomic E-state index is -5.00. The molecule has 7 nitrogen and oxygen atoms in total. The Morgan fingerprint density at radius 1 is 0.926 bits per heavy atom. The summed E-state index contributed by atoms with van der Waals surface area (Å²) in [4.78, 5) is 23.8. The standard InChI is InChI=1S/C18H34O7S.Na/c1-5-7-9-14(3)12-24-17(19)11-16(26(21,22)23)18(20)25-13-15(4)10-8-6-2;/h14-16H,5-13H2,1-4H3,(H,21,22,23);/q;+1/p-1. The van der Waals surface area contributed by atoms with Gasteiger partial charge in [0.2, 0.25) is 0 Å². The molecule has 27 heavy (non-hydrogen) atoms. The molecule has 0 fully saturated rings. The molecule has 0 bridgehead atoms. The fourth-order valence-corrected chi connectivity index (χ4v) is 2.98. The number of hydrogen-bond donors (Lipinski definition) is 0. The van der Waals surface area contributed by atoms with E-state index in [1.165, 1.54) is 0 Å². The molecule has 0 saturated heterocycles. The van der Waals surface area contributed by atoms with Crippen LogP contribution in [0.15, 0.2) is 0 Å². The van der Waals surface area contributed by atoms with Gasteiger partial charge >= 0.3 is 41.5 Å². The number of rotatable bonds is 14. The van der Waals surface area contributed by atoms with E-state index in [0.29, 0.717) is 0 Å². The maximum Gasteiger partial charge on any atom is 1.00 e. The molecule has 0 spiro atoms. The van der Waals surface area contributed by atoms with Crippen molar-refractivity contribution in [1.82, 2.24) is 0 Å². The second-order valence-corrected chi connectivity index (χ2v) is 8.55. The molecular formula is C18H33NaO7S. The van der Waals surface area contributed by atoms with Gasteiger partial charge < -0.3 is 14.0 Å². The summed E-state index contributed by atoms with van der Waals surface area (Å²) in [5, 5.41) is -2.06. The van der Waals surface area contributed by atoms with E-state index in [1.807, 2.05) is 20.8 Å². The maximum atomic E-state index is 12.0. The Kier molecular flexibility index (Phi) is 16.9. The third kappa shape index (κ3) is 14.5. The molecule has 0 N–H and O–H groups in total.